The predicted octanol–water partition coefficient (Wildman–Crippen LogP) is 4.48. The van der Waals surface area contributed by atoms with Crippen molar-refractivity contribution in [2.75, 3.05) is 5.73 Å². The second-order valence-electron chi connectivity index (χ2n) is 6.93. The number of anilines is 1. The molecule has 156 valence electrons. The lowest BCUT2D eigenvalue weighted by Gasteiger charge is -2.06. The normalized spacial score (nSPS) is 11.6. The van der Waals surface area contributed by atoms with Gasteiger partial charge < -0.3 is 10.2 Å². The standard InChI is InChI=1S/C20H15F2N7OS/c1-10-6-11(2-4-13(10)18-26-27-19(30-18)17(21)22)8-29-9-15(25-28-29)12-3-5-14-16(7-12)31-20(23)24-14/h2-7,9,17H,8H2,1H3,(H2,23,24). The van der Waals surface area contributed by atoms with Gasteiger partial charge in [-0.3, -0.25) is 0 Å². The van der Waals surface area contributed by atoms with Crippen LogP contribution in [0.3, 0.4) is 0 Å². The highest BCUT2D eigenvalue weighted by atomic mass is 32.1. The van der Waals surface area contributed by atoms with Crippen molar-refractivity contribution in [1.82, 2.24) is 30.2 Å². The SMILES string of the molecule is Cc1cc(Cn2cc(-c3ccc4nc(N)sc4c3)nn2)ccc1-c1nnc(C(F)F)o1. The van der Waals surface area contributed by atoms with Crippen LogP contribution < -0.4 is 5.73 Å². The van der Waals surface area contributed by atoms with Crippen molar-refractivity contribution < 1.29 is 13.2 Å². The number of hydrogen-bond acceptors (Lipinski definition) is 8. The molecule has 0 radical (unpaired) electrons. The largest absolute Gasteiger partial charge is 0.415 e. The fourth-order valence-electron chi connectivity index (χ4n) is 3.29. The average Bonchev–Trinajstić information content (AvgIpc) is 3.46. The Balaban J connectivity index is 1.36. The summed E-state index contributed by atoms with van der Waals surface area (Å²) in [7, 11) is 0. The third-order valence-electron chi connectivity index (χ3n) is 4.73. The van der Waals surface area contributed by atoms with Crippen LogP contribution in [0.25, 0.3) is 32.9 Å². The van der Waals surface area contributed by atoms with E-state index in [-0.39, 0.29) is 5.89 Å². The van der Waals surface area contributed by atoms with Crippen molar-refractivity contribution in [3.63, 3.8) is 0 Å². The first kappa shape index (κ1) is 19.2. The Hall–Kier alpha value is -3.73. The van der Waals surface area contributed by atoms with Crippen LogP contribution in [0.1, 0.15) is 23.4 Å². The topological polar surface area (TPSA) is 109 Å². The summed E-state index contributed by atoms with van der Waals surface area (Å²) in [4.78, 5) is 4.26. The minimum absolute atomic E-state index is 0.0708. The first-order chi connectivity index (χ1) is 15.0. The van der Waals surface area contributed by atoms with E-state index in [4.69, 9.17) is 10.2 Å². The molecule has 5 rings (SSSR count). The van der Waals surface area contributed by atoms with Gasteiger partial charge in [0.25, 0.3) is 5.89 Å². The molecule has 0 amide bonds. The number of benzene rings is 2. The lowest BCUT2D eigenvalue weighted by atomic mass is 10.1. The highest BCUT2D eigenvalue weighted by molar-refractivity contribution is 7.22. The third kappa shape index (κ3) is 3.75. The zero-order chi connectivity index (χ0) is 21.5. The summed E-state index contributed by atoms with van der Waals surface area (Å²) < 4.78 is 33.1. The summed E-state index contributed by atoms with van der Waals surface area (Å²) >= 11 is 1.43. The fourth-order valence-corrected chi connectivity index (χ4v) is 4.07. The maximum absolute atomic E-state index is 12.7. The van der Waals surface area contributed by atoms with E-state index < -0.39 is 12.3 Å². The van der Waals surface area contributed by atoms with Gasteiger partial charge in [-0.15, -0.1) is 15.3 Å². The summed E-state index contributed by atoms with van der Waals surface area (Å²) in [6.45, 7) is 2.35. The van der Waals surface area contributed by atoms with Crippen LogP contribution in [-0.2, 0) is 6.54 Å². The van der Waals surface area contributed by atoms with E-state index in [9.17, 15) is 8.78 Å². The molecule has 0 saturated heterocycles. The summed E-state index contributed by atoms with van der Waals surface area (Å²) in [5.74, 6) is -0.616. The number of alkyl halides is 2. The minimum Gasteiger partial charge on any atom is -0.415 e. The Morgan fingerprint density at radius 2 is 2.00 bits per heavy atom. The number of hydrogen-bond donors (Lipinski definition) is 1. The fraction of sp³-hybridized carbons (Fsp3) is 0.150. The van der Waals surface area contributed by atoms with Crippen LogP contribution >= 0.6 is 11.3 Å². The van der Waals surface area contributed by atoms with Gasteiger partial charge in [0.05, 0.1) is 23.0 Å². The van der Waals surface area contributed by atoms with Gasteiger partial charge >= 0.3 is 6.43 Å². The lowest BCUT2D eigenvalue weighted by molar-refractivity contribution is 0.116. The average molecular weight is 439 g/mol. The molecule has 0 fully saturated rings. The Bertz CT molecular complexity index is 1390. The zero-order valence-electron chi connectivity index (χ0n) is 16.2. The third-order valence-corrected chi connectivity index (χ3v) is 5.58. The van der Waals surface area contributed by atoms with Crippen molar-refractivity contribution in [2.24, 2.45) is 0 Å². The molecule has 0 atom stereocenters. The molecule has 2 aromatic carbocycles. The number of nitrogen functional groups attached to an aromatic ring is 1. The van der Waals surface area contributed by atoms with E-state index in [1.807, 2.05) is 43.5 Å². The molecule has 0 bridgehead atoms. The van der Waals surface area contributed by atoms with E-state index >= 15 is 0 Å². The predicted molar refractivity (Wildman–Crippen MR) is 112 cm³/mol. The van der Waals surface area contributed by atoms with E-state index in [2.05, 4.69) is 25.5 Å². The number of rotatable bonds is 5. The van der Waals surface area contributed by atoms with Crippen molar-refractivity contribution in [2.45, 2.75) is 19.9 Å². The number of halogens is 2. The zero-order valence-corrected chi connectivity index (χ0v) is 17.0. The van der Waals surface area contributed by atoms with Crippen LogP contribution in [0.4, 0.5) is 13.9 Å². The summed E-state index contributed by atoms with van der Waals surface area (Å²) in [5.41, 5.74) is 10.7. The van der Waals surface area contributed by atoms with Gasteiger partial charge in [-0.05, 0) is 36.2 Å². The van der Waals surface area contributed by atoms with Crippen molar-refractivity contribution in [3.05, 3.63) is 59.6 Å². The summed E-state index contributed by atoms with van der Waals surface area (Å²) in [6.07, 6.45) is -0.932. The Kier molecular flexibility index (Phi) is 4.66. The van der Waals surface area contributed by atoms with Crippen LogP contribution in [0.2, 0.25) is 0 Å². The molecule has 8 nitrogen and oxygen atoms in total. The molecule has 0 aliphatic rings. The van der Waals surface area contributed by atoms with Crippen LogP contribution in [0, 0.1) is 6.92 Å². The first-order valence-corrected chi connectivity index (χ1v) is 10.1. The molecule has 0 aliphatic heterocycles. The number of nitrogens with zero attached hydrogens (tertiary/aromatic N) is 6. The van der Waals surface area contributed by atoms with E-state index in [1.54, 1.807) is 10.7 Å². The molecule has 3 aromatic heterocycles. The molecule has 3 heterocycles. The molecule has 5 aromatic rings. The Labute approximate surface area is 178 Å². The summed E-state index contributed by atoms with van der Waals surface area (Å²) in [5, 5.41) is 16.1. The highest BCUT2D eigenvalue weighted by Crippen LogP contribution is 2.29. The molecule has 0 unspecified atom stereocenters. The lowest BCUT2D eigenvalue weighted by Crippen LogP contribution is -2.01. The molecular weight excluding hydrogens is 424 g/mol. The van der Waals surface area contributed by atoms with Gasteiger partial charge in [-0.2, -0.15) is 8.78 Å². The maximum Gasteiger partial charge on any atom is 0.314 e. The number of aryl methyl sites for hydroxylation is 1. The molecule has 11 heteroatoms. The minimum atomic E-state index is -2.79. The molecule has 0 aliphatic carbocycles. The smallest absolute Gasteiger partial charge is 0.314 e. The van der Waals surface area contributed by atoms with Gasteiger partial charge in [0, 0.05) is 11.1 Å². The molecule has 2 N–H and O–H groups in total. The van der Waals surface area contributed by atoms with Crippen molar-refractivity contribution in [1.29, 1.82) is 0 Å². The maximum atomic E-state index is 12.7. The van der Waals surface area contributed by atoms with Gasteiger partial charge in [0.15, 0.2) is 5.13 Å². The van der Waals surface area contributed by atoms with E-state index in [0.29, 0.717) is 17.2 Å². The van der Waals surface area contributed by atoms with Crippen LogP contribution in [0.5, 0.6) is 0 Å². The van der Waals surface area contributed by atoms with Crippen LogP contribution in [-0.4, -0.2) is 30.2 Å². The number of aromatic nitrogens is 6. The van der Waals surface area contributed by atoms with Crippen molar-refractivity contribution in [3.8, 4) is 22.7 Å². The number of thiazole rings is 1. The number of nitrogens with two attached hydrogens (primary N) is 1. The molecule has 0 saturated carbocycles. The number of fused-ring (bicyclic) bond motifs is 1. The summed E-state index contributed by atoms with van der Waals surface area (Å²) in [6, 6.07) is 11.4. The highest BCUT2D eigenvalue weighted by Gasteiger charge is 2.18. The quantitative estimate of drug-likeness (QED) is 0.430. The second kappa shape index (κ2) is 7.51. The van der Waals surface area contributed by atoms with Gasteiger partial charge in [0.2, 0.25) is 5.89 Å². The molecule has 0 spiro atoms. The monoisotopic (exact) mass is 439 g/mol. The molecule has 31 heavy (non-hydrogen) atoms. The first-order valence-electron chi connectivity index (χ1n) is 9.24. The van der Waals surface area contributed by atoms with Crippen molar-refractivity contribution >= 4 is 26.7 Å². The van der Waals surface area contributed by atoms with E-state index in [1.165, 1.54) is 11.3 Å². The Morgan fingerprint density at radius 1 is 1.13 bits per heavy atom. The van der Waals surface area contributed by atoms with Gasteiger partial charge in [-0.1, -0.05) is 34.7 Å². The van der Waals surface area contributed by atoms with E-state index in [0.717, 1.165) is 32.6 Å². The van der Waals surface area contributed by atoms with Crippen LogP contribution in [0.15, 0.2) is 47.0 Å². The molecular formula is C20H15F2N7OS. The van der Waals surface area contributed by atoms with Gasteiger partial charge in [0.1, 0.15) is 5.69 Å². The Morgan fingerprint density at radius 3 is 2.77 bits per heavy atom. The second-order valence-corrected chi connectivity index (χ2v) is 7.99. The van der Waals surface area contributed by atoms with Gasteiger partial charge in [-0.25, -0.2) is 9.67 Å².